The van der Waals surface area contributed by atoms with Gasteiger partial charge < -0.3 is 15.5 Å². The van der Waals surface area contributed by atoms with Crippen molar-refractivity contribution < 1.29 is 10.2 Å². The number of aliphatic hydroxyl groups excluding tert-OH is 1. The highest BCUT2D eigenvalue weighted by Gasteiger charge is 2.26. The zero-order valence-corrected chi connectivity index (χ0v) is 10.5. The lowest BCUT2D eigenvalue weighted by Gasteiger charge is -2.28. The Morgan fingerprint density at radius 1 is 1.65 bits per heavy atom. The molecule has 1 aliphatic carbocycles. The third kappa shape index (κ3) is 2.68. The van der Waals surface area contributed by atoms with Gasteiger partial charge in [0, 0.05) is 30.9 Å². The van der Waals surface area contributed by atoms with Gasteiger partial charge in [-0.25, -0.2) is 0 Å². The minimum atomic E-state index is -1.06. The first-order valence-corrected chi connectivity index (χ1v) is 6.11. The Hall–Kier alpha value is -0.910. The smallest absolute Gasteiger partial charge is 0.0973 e. The van der Waals surface area contributed by atoms with Crippen LogP contribution in [0.25, 0.3) is 0 Å². The molecule has 0 aromatic carbocycles. The molecule has 0 spiro atoms. The number of hydrogen-bond donors (Lipinski definition) is 3. The predicted octanol–water partition coefficient (Wildman–Crippen LogP) is 0.130. The van der Waals surface area contributed by atoms with Crippen LogP contribution >= 0.6 is 0 Å². The molecule has 96 valence electrons. The molecule has 0 radical (unpaired) electrons. The van der Waals surface area contributed by atoms with Gasteiger partial charge >= 0.3 is 0 Å². The van der Waals surface area contributed by atoms with Crippen LogP contribution in [-0.2, 0) is 13.5 Å². The number of fused-ring (bicyclic) bond motifs is 1. The van der Waals surface area contributed by atoms with Crippen LogP contribution in [0.15, 0.2) is 6.20 Å². The highest BCUT2D eigenvalue weighted by molar-refractivity contribution is 5.24. The topological polar surface area (TPSA) is 70.3 Å². The molecule has 0 amide bonds. The monoisotopic (exact) mass is 239 g/mol. The zero-order chi connectivity index (χ0) is 12.5. The summed E-state index contributed by atoms with van der Waals surface area (Å²) in [4.78, 5) is 0. The molecule has 0 saturated carbocycles. The maximum absolute atomic E-state index is 9.77. The number of aliphatic hydroxyl groups is 2. The zero-order valence-electron chi connectivity index (χ0n) is 10.5. The number of aryl methyl sites for hydroxylation is 1. The molecular formula is C12H21N3O2. The summed E-state index contributed by atoms with van der Waals surface area (Å²) >= 11 is 0. The van der Waals surface area contributed by atoms with Crippen molar-refractivity contribution in [2.45, 2.75) is 37.8 Å². The lowest BCUT2D eigenvalue weighted by molar-refractivity contribution is 0.000294. The van der Waals surface area contributed by atoms with Crippen molar-refractivity contribution in [3.63, 3.8) is 0 Å². The number of aromatic nitrogens is 2. The first-order valence-electron chi connectivity index (χ1n) is 6.11. The van der Waals surface area contributed by atoms with E-state index < -0.39 is 5.60 Å². The second-order valence-electron chi connectivity index (χ2n) is 5.15. The third-order valence-corrected chi connectivity index (χ3v) is 3.45. The van der Waals surface area contributed by atoms with Crippen LogP contribution in [0.2, 0.25) is 0 Å². The number of rotatable bonds is 4. The Kier molecular flexibility index (Phi) is 3.51. The van der Waals surface area contributed by atoms with E-state index >= 15 is 0 Å². The average molecular weight is 239 g/mol. The van der Waals surface area contributed by atoms with Crippen molar-refractivity contribution in [3.05, 3.63) is 17.5 Å². The first kappa shape index (κ1) is 12.5. The Labute approximate surface area is 101 Å². The summed E-state index contributed by atoms with van der Waals surface area (Å²) < 4.78 is 1.92. The molecule has 1 heterocycles. The minimum absolute atomic E-state index is 0.230. The molecular weight excluding hydrogens is 218 g/mol. The Bertz CT molecular complexity index is 387. The van der Waals surface area contributed by atoms with Gasteiger partial charge in [0.05, 0.1) is 18.4 Å². The van der Waals surface area contributed by atoms with Gasteiger partial charge in [0.2, 0.25) is 0 Å². The lowest BCUT2D eigenvalue weighted by Crippen LogP contribution is -2.42. The second kappa shape index (κ2) is 4.76. The van der Waals surface area contributed by atoms with E-state index in [4.69, 9.17) is 5.11 Å². The number of hydrogen-bond acceptors (Lipinski definition) is 4. The van der Waals surface area contributed by atoms with Gasteiger partial charge in [0.15, 0.2) is 0 Å². The van der Waals surface area contributed by atoms with E-state index in [2.05, 4.69) is 10.4 Å². The molecule has 5 nitrogen and oxygen atoms in total. The normalized spacial score (nSPS) is 23.2. The van der Waals surface area contributed by atoms with Crippen LogP contribution in [0.4, 0.5) is 0 Å². The van der Waals surface area contributed by atoms with Gasteiger partial charge in [-0.1, -0.05) is 0 Å². The van der Waals surface area contributed by atoms with Crippen LogP contribution in [0.3, 0.4) is 0 Å². The third-order valence-electron chi connectivity index (χ3n) is 3.45. The summed E-state index contributed by atoms with van der Waals surface area (Å²) in [5.41, 5.74) is 1.45. The Morgan fingerprint density at radius 3 is 3.12 bits per heavy atom. The maximum Gasteiger partial charge on any atom is 0.0973 e. The van der Waals surface area contributed by atoms with E-state index in [0.717, 1.165) is 19.3 Å². The highest BCUT2D eigenvalue weighted by Crippen LogP contribution is 2.29. The quantitative estimate of drug-likeness (QED) is 0.698. The second-order valence-corrected chi connectivity index (χ2v) is 5.15. The number of nitrogens with one attached hydrogen (secondary N) is 1. The molecule has 3 N–H and O–H groups in total. The van der Waals surface area contributed by atoms with E-state index in [-0.39, 0.29) is 12.6 Å². The molecule has 0 fully saturated rings. The fourth-order valence-electron chi connectivity index (χ4n) is 2.32. The van der Waals surface area contributed by atoms with Crippen molar-refractivity contribution >= 4 is 0 Å². The molecule has 0 aliphatic heterocycles. The molecule has 2 rings (SSSR count). The summed E-state index contributed by atoms with van der Waals surface area (Å²) in [5.74, 6) is 0. The van der Waals surface area contributed by atoms with Gasteiger partial charge in [0.1, 0.15) is 0 Å². The summed E-state index contributed by atoms with van der Waals surface area (Å²) in [6, 6.07) is 0.241. The van der Waals surface area contributed by atoms with Crippen molar-refractivity contribution in [3.8, 4) is 0 Å². The fourth-order valence-corrected chi connectivity index (χ4v) is 2.32. The van der Waals surface area contributed by atoms with E-state index in [1.807, 2.05) is 17.9 Å². The van der Waals surface area contributed by atoms with Crippen LogP contribution in [0, 0.1) is 0 Å². The minimum Gasteiger partial charge on any atom is -0.393 e. The van der Waals surface area contributed by atoms with Crippen molar-refractivity contribution in [1.82, 2.24) is 15.1 Å². The number of nitrogens with zero attached hydrogens (tertiary/aromatic N) is 2. The Balaban J connectivity index is 2.04. The van der Waals surface area contributed by atoms with Crippen molar-refractivity contribution in [2.75, 3.05) is 13.2 Å². The van der Waals surface area contributed by atoms with Crippen LogP contribution in [-0.4, -0.2) is 38.7 Å². The van der Waals surface area contributed by atoms with Crippen LogP contribution < -0.4 is 5.32 Å². The molecule has 0 bridgehead atoms. The molecule has 2 atom stereocenters. The van der Waals surface area contributed by atoms with E-state index in [1.54, 1.807) is 6.92 Å². The van der Waals surface area contributed by atoms with Gasteiger partial charge in [-0.15, -0.1) is 0 Å². The molecule has 17 heavy (non-hydrogen) atoms. The molecule has 5 heteroatoms. The molecule has 0 saturated heterocycles. The summed E-state index contributed by atoms with van der Waals surface area (Å²) in [6.07, 6.45) is 5.16. The van der Waals surface area contributed by atoms with E-state index in [1.165, 1.54) is 11.3 Å². The summed E-state index contributed by atoms with van der Waals surface area (Å²) in [7, 11) is 1.96. The van der Waals surface area contributed by atoms with E-state index in [9.17, 15) is 5.11 Å². The average Bonchev–Trinajstić information content (AvgIpc) is 2.70. The summed E-state index contributed by atoms with van der Waals surface area (Å²) in [5, 5.41) is 26.4. The van der Waals surface area contributed by atoms with Crippen LogP contribution in [0.5, 0.6) is 0 Å². The fraction of sp³-hybridized carbons (Fsp3) is 0.750. The summed E-state index contributed by atoms with van der Waals surface area (Å²) in [6.45, 7) is 1.79. The largest absolute Gasteiger partial charge is 0.393 e. The van der Waals surface area contributed by atoms with Gasteiger partial charge in [-0.2, -0.15) is 5.10 Å². The first-order chi connectivity index (χ1) is 8.03. The van der Waals surface area contributed by atoms with Gasteiger partial charge in [-0.05, 0) is 26.2 Å². The SMILES string of the molecule is Cn1ncc2c1CCCC2NCC(C)(O)CO. The molecule has 1 aromatic heterocycles. The highest BCUT2D eigenvalue weighted by atomic mass is 16.3. The Morgan fingerprint density at radius 2 is 2.41 bits per heavy atom. The molecule has 1 aliphatic rings. The van der Waals surface area contributed by atoms with E-state index in [0.29, 0.717) is 6.54 Å². The van der Waals surface area contributed by atoms with Gasteiger partial charge in [0.25, 0.3) is 0 Å². The molecule has 2 unspecified atom stereocenters. The van der Waals surface area contributed by atoms with Crippen LogP contribution in [0.1, 0.15) is 37.1 Å². The van der Waals surface area contributed by atoms with Crippen molar-refractivity contribution in [2.24, 2.45) is 7.05 Å². The van der Waals surface area contributed by atoms with Gasteiger partial charge in [-0.3, -0.25) is 4.68 Å². The predicted molar refractivity (Wildman–Crippen MR) is 64.6 cm³/mol. The van der Waals surface area contributed by atoms with Crippen molar-refractivity contribution in [1.29, 1.82) is 0 Å². The standard InChI is InChI=1S/C12H21N3O2/c1-12(17,8-16)7-13-10-4-3-5-11-9(10)6-14-15(11)2/h6,10,13,16-17H,3-5,7-8H2,1-2H3. The maximum atomic E-state index is 9.77. The molecule has 1 aromatic rings. The lowest BCUT2D eigenvalue weighted by atomic mass is 9.92.